The minimum Gasteiger partial charge on any atom is -0.336 e. The van der Waals surface area contributed by atoms with Crippen molar-refractivity contribution in [3.8, 4) is 0 Å². The molecule has 2 N–H and O–H groups in total. The highest BCUT2D eigenvalue weighted by atomic mass is 79.9. The van der Waals surface area contributed by atoms with Gasteiger partial charge in [0.1, 0.15) is 0 Å². The van der Waals surface area contributed by atoms with Crippen molar-refractivity contribution >= 4 is 45.8 Å². The SMILES string of the molecule is Cc1cc(Br)ccc1NC(=O)CN(C)C(=O)CCC1CCNC1.Cl. The predicted octanol–water partition coefficient (Wildman–Crippen LogP) is 2.97. The Morgan fingerprint density at radius 2 is 2.17 bits per heavy atom. The maximum Gasteiger partial charge on any atom is 0.243 e. The number of halogens is 2. The number of benzene rings is 1. The van der Waals surface area contributed by atoms with E-state index in [-0.39, 0.29) is 30.8 Å². The van der Waals surface area contributed by atoms with E-state index in [0.29, 0.717) is 12.3 Å². The van der Waals surface area contributed by atoms with E-state index < -0.39 is 0 Å². The number of nitrogens with one attached hydrogen (secondary N) is 2. The molecule has 0 aliphatic carbocycles. The van der Waals surface area contributed by atoms with Gasteiger partial charge in [-0.05, 0) is 62.5 Å². The number of carbonyl (C=O) groups excluding carboxylic acids is 2. The molecule has 1 fully saturated rings. The molecule has 1 aliphatic heterocycles. The van der Waals surface area contributed by atoms with Crippen molar-refractivity contribution in [1.29, 1.82) is 0 Å². The van der Waals surface area contributed by atoms with E-state index in [1.807, 2.05) is 25.1 Å². The monoisotopic (exact) mass is 417 g/mol. The fraction of sp³-hybridized carbons (Fsp3) is 0.529. The fourth-order valence-corrected chi connectivity index (χ4v) is 3.22. The Hall–Kier alpha value is -1.11. The maximum absolute atomic E-state index is 12.1. The van der Waals surface area contributed by atoms with Crippen molar-refractivity contribution in [1.82, 2.24) is 10.2 Å². The molecule has 2 amide bonds. The first kappa shape index (κ1) is 20.9. The standard InChI is InChI=1S/C17H24BrN3O2.ClH/c1-12-9-14(18)4-5-15(12)20-16(22)11-21(2)17(23)6-3-13-7-8-19-10-13;/h4-5,9,13,19H,3,6-8,10-11H2,1-2H3,(H,20,22);1H. The van der Waals surface area contributed by atoms with Crippen molar-refractivity contribution in [3.05, 3.63) is 28.2 Å². The molecule has 0 spiro atoms. The van der Waals surface area contributed by atoms with Crippen LogP contribution in [0.2, 0.25) is 0 Å². The van der Waals surface area contributed by atoms with Gasteiger partial charge in [-0.15, -0.1) is 12.4 Å². The number of likely N-dealkylation sites (N-methyl/N-ethyl adjacent to an activating group) is 1. The van der Waals surface area contributed by atoms with Gasteiger partial charge in [0, 0.05) is 23.6 Å². The molecule has 0 aromatic heterocycles. The Balaban J connectivity index is 0.00000288. The molecule has 0 radical (unpaired) electrons. The van der Waals surface area contributed by atoms with E-state index in [0.717, 1.165) is 41.7 Å². The third-order valence-corrected chi connectivity index (χ3v) is 4.69. The molecule has 1 aromatic carbocycles. The third kappa shape index (κ3) is 6.42. The maximum atomic E-state index is 12.1. The van der Waals surface area contributed by atoms with Crippen molar-refractivity contribution in [2.75, 3.05) is 32.0 Å². The molecule has 1 saturated heterocycles. The van der Waals surface area contributed by atoms with Crippen LogP contribution in [-0.2, 0) is 9.59 Å². The van der Waals surface area contributed by atoms with Gasteiger partial charge in [-0.25, -0.2) is 0 Å². The molecule has 134 valence electrons. The average molecular weight is 419 g/mol. The summed E-state index contributed by atoms with van der Waals surface area (Å²) in [6.07, 6.45) is 2.54. The minimum absolute atomic E-state index is 0. The molecule has 0 bridgehead atoms. The van der Waals surface area contributed by atoms with Crippen LogP contribution in [0.3, 0.4) is 0 Å². The van der Waals surface area contributed by atoms with Gasteiger partial charge in [0.2, 0.25) is 11.8 Å². The van der Waals surface area contributed by atoms with Crippen LogP contribution < -0.4 is 10.6 Å². The van der Waals surface area contributed by atoms with E-state index >= 15 is 0 Å². The van der Waals surface area contributed by atoms with E-state index in [4.69, 9.17) is 0 Å². The number of hydrogen-bond donors (Lipinski definition) is 2. The number of aryl methyl sites for hydroxylation is 1. The normalized spacial score (nSPS) is 16.4. The molecule has 24 heavy (non-hydrogen) atoms. The molecular formula is C17H25BrClN3O2. The van der Waals surface area contributed by atoms with Crippen LogP contribution in [0.4, 0.5) is 5.69 Å². The second kappa shape index (κ2) is 10.0. The molecule has 7 heteroatoms. The zero-order valence-electron chi connectivity index (χ0n) is 14.1. The average Bonchev–Trinajstić information content (AvgIpc) is 3.01. The fourth-order valence-electron chi connectivity index (χ4n) is 2.74. The Morgan fingerprint density at radius 1 is 1.42 bits per heavy atom. The first-order chi connectivity index (χ1) is 11.0. The minimum atomic E-state index is -0.172. The van der Waals surface area contributed by atoms with Crippen LogP contribution in [-0.4, -0.2) is 43.4 Å². The van der Waals surface area contributed by atoms with Crippen molar-refractivity contribution < 1.29 is 9.59 Å². The molecule has 0 saturated carbocycles. The molecule has 2 rings (SSSR count). The Labute approximate surface area is 158 Å². The number of nitrogens with zero attached hydrogens (tertiary/aromatic N) is 1. The summed E-state index contributed by atoms with van der Waals surface area (Å²) < 4.78 is 0.974. The van der Waals surface area contributed by atoms with Crippen LogP contribution in [0.1, 0.15) is 24.8 Å². The van der Waals surface area contributed by atoms with Gasteiger partial charge < -0.3 is 15.5 Å². The zero-order valence-corrected chi connectivity index (χ0v) is 16.5. The summed E-state index contributed by atoms with van der Waals surface area (Å²) in [4.78, 5) is 25.7. The summed E-state index contributed by atoms with van der Waals surface area (Å²) in [5.74, 6) is 0.444. The lowest BCUT2D eigenvalue weighted by Gasteiger charge is -2.18. The van der Waals surface area contributed by atoms with E-state index in [2.05, 4.69) is 26.6 Å². The lowest BCUT2D eigenvalue weighted by atomic mass is 10.0. The predicted molar refractivity (Wildman–Crippen MR) is 103 cm³/mol. The second-order valence-electron chi connectivity index (χ2n) is 6.15. The van der Waals surface area contributed by atoms with Crippen LogP contribution in [0, 0.1) is 12.8 Å². The number of rotatable bonds is 6. The quantitative estimate of drug-likeness (QED) is 0.746. The highest BCUT2D eigenvalue weighted by Crippen LogP contribution is 2.20. The number of amides is 2. The molecule has 1 atom stereocenters. The number of hydrogen-bond acceptors (Lipinski definition) is 3. The first-order valence-corrected chi connectivity index (χ1v) is 8.75. The smallest absolute Gasteiger partial charge is 0.243 e. The molecule has 1 aliphatic rings. The van der Waals surface area contributed by atoms with E-state index in [1.54, 1.807) is 7.05 Å². The number of carbonyl (C=O) groups is 2. The lowest BCUT2D eigenvalue weighted by Crippen LogP contribution is -2.35. The van der Waals surface area contributed by atoms with E-state index in [9.17, 15) is 9.59 Å². The Kier molecular flexibility index (Phi) is 8.73. The van der Waals surface area contributed by atoms with Crippen LogP contribution in [0.5, 0.6) is 0 Å². The molecule has 5 nitrogen and oxygen atoms in total. The van der Waals surface area contributed by atoms with E-state index in [1.165, 1.54) is 4.90 Å². The van der Waals surface area contributed by atoms with Crippen molar-refractivity contribution in [2.45, 2.75) is 26.2 Å². The molecular weight excluding hydrogens is 394 g/mol. The van der Waals surface area contributed by atoms with Crippen LogP contribution in [0.25, 0.3) is 0 Å². The largest absolute Gasteiger partial charge is 0.336 e. The van der Waals surface area contributed by atoms with Gasteiger partial charge in [-0.2, -0.15) is 0 Å². The summed E-state index contributed by atoms with van der Waals surface area (Å²) in [5.41, 5.74) is 1.76. The summed E-state index contributed by atoms with van der Waals surface area (Å²) in [6, 6.07) is 5.68. The topological polar surface area (TPSA) is 61.4 Å². The molecule has 1 unspecified atom stereocenters. The molecule has 1 heterocycles. The Morgan fingerprint density at radius 3 is 2.79 bits per heavy atom. The van der Waals surface area contributed by atoms with Gasteiger partial charge in [-0.3, -0.25) is 9.59 Å². The number of anilines is 1. The van der Waals surface area contributed by atoms with Gasteiger partial charge in [0.05, 0.1) is 6.54 Å². The molecule has 1 aromatic rings. The highest BCUT2D eigenvalue weighted by molar-refractivity contribution is 9.10. The van der Waals surface area contributed by atoms with Crippen LogP contribution in [0.15, 0.2) is 22.7 Å². The second-order valence-corrected chi connectivity index (χ2v) is 7.07. The van der Waals surface area contributed by atoms with Gasteiger partial charge in [0.25, 0.3) is 0 Å². The third-order valence-electron chi connectivity index (χ3n) is 4.20. The summed E-state index contributed by atoms with van der Waals surface area (Å²) in [5, 5.41) is 6.16. The van der Waals surface area contributed by atoms with Gasteiger partial charge >= 0.3 is 0 Å². The highest BCUT2D eigenvalue weighted by Gasteiger charge is 2.18. The summed E-state index contributed by atoms with van der Waals surface area (Å²) >= 11 is 3.40. The van der Waals surface area contributed by atoms with Gasteiger partial charge in [0.15, 0.2) is 0 Å². The Bertz CT molecular complexity index is 577. The summed E-state index contributed by atoms with van der Waals surface area (Å²) in [7, 11) is 1.68. The zero-order chi connectivity index (χ0) is 16.8. The summed E-state index contributed by atoms with van der Waals surface area (Å²) in [6.45, 7) is 4.06. The van der Waals surface area contributed by atoms with Crippen molar-refractivity contribution in [3.63, 3.8) is 0 Å². The van der Waals surface area contributed by atoms with Crippen molar-refractivity contribution in [2.24, 2.45) is 5.92 Å². The van der Waals surface area contributed by atoms with Gasteiger partial charge in [-0.1, -0.05) is 15.9 Å². The first-order valence-electron chi connectivity index (χ1n) is 7.96. The van der Waals surface area contributed by atoms with Crippen LogP contribution >= 0.6 is 28.3 Å². The lowest BCUT2D eigenvalue weighted by molar-refractivity contribution is -0.133.